The number of aromatic amines is 1. The van der Waals surface area contributed by atoms with E-state index in [4.69, 9.17) is 0 Å². The number of carbonyl (C=O) groups excluding carboxylic acids is 1. The largest absolute Gasteiger partial charge is 0.325 e. The van der Waals surface area contributed by atoms with Crippen molar-refractivity contribution in [3.05, 3.63) is 89.5 Å². The maximum Gasteiger partial charge on any atom is 0.317 e. The first kappa shape index (κ1) is 19.3. The number of nitrogens with zero attached hydrogens (tertiary/aromatic N) is 1. The number of imidazole rings is 1. The van der Waals surface area contributed by atoms with Crippen molar-refractivity contribution >= 4 is 34.4 Å². The molecule has 0 aliphatic heterocycles. The van der Waals surface area contributed by atoms with E-state index in [0.29, 0.717) is 5.75 Å². The van der Waals surface area contributed by atoms with Crippen LogP contribution in [0.2, 0.25) is 0 Å². The fraction of sp³-hybridized carbons (Fsp3) is 0.167. The summed E-state index contributed by atoms with van der Waals surface area (Å²) >= 11 is 1.52. The van der Waals surface area contributed by atoms with E-state index in [-0.39, 0.29) is 5.91 Å². The summed E-state index contributed by atoms with van der Waals surface area (Å²) in [5, 5.41) is 3.98. The number of anilines is 1. The Balaban J connectivity index is 1.52. The Morgan fingerprint density at radius 1 is 0.966 bits per heavy atom. The molecule has 0 radical (unpaired) electrons. The lowest BCUT2D eigenvalue weighted by atomic mass is 10.1. The minimum absolute atomic E-state index is 0.0110. The SMILES string of the molecule is Cc1ccc(NC(=O)CSc2[nH]c3ccccc3[n+]2Cc2ccccc2)cc1C. The zero-order valence-corrected chi connectivity index (χ0v) is 17.4. The Kier molecular flexibility index (Phi) is 5.67. The van der Waals surface area contributed by atoms with Crippen LogP contribution in [0.4, 0.5) is 5.69 Å². The molecule has 0 spiro atoms. The first-order chi connectivity index (χ1) is 14.1. The maximum atomic E-state index is 12.5. The smallest absolute Gasteiger partial charge is 0.317 e. The van der Waals surface area contributed by atoms with Crippen LogP contribution in [-0.2, 0) is 11.3 Å². The molecular weight excluding hydrogens is 378 g/mol. The zero-order valence-electron chi connectivity index (χ0n) is 16.6. The summed E-state index contributed by atoms with van der Waals surface area (Å²) in [5.41, 5.74) is 6.66. The van der Waals surface area contributed by atoms with Gasteiger partial charge in [0.2, 0.25) is 5.91 Å². The summed E-state index contributed by atoms with van der Waals surface area (Å²) in [6.45, 7) is 4.88. The molecule has 1 amide bonds. The number of hydrogen-bond acceptors (Lipinski definition) is 2. The molecule has 0 atom stereocenters. The number of aryl methyl sites for hydroxylation is 2. The van der Waals surface area contributed by atoms with Gasteiger partial charge in [0, 0.05) is 5.69 Å². The highest BCUT2D eigenvalue weighted by Gasteiger charge is 2.20. The molecule has 0 fully saturated rings. The van der Waals surface area contributed by atoms with Crippen molar-refractivity contribution in [3.8, 4) is 0 Å². The number of hydrogen-bond donors (Lipinski definition) is 2. The second-order valence-corrected chi connectivity index (χ2v) is 8.12. The quantitative estimate of drug-likeness (QED) is 0.358. The summed E-state index contributed by atoms with van der Waals surface area (Å²) in [6.07, 6.45) is 0. The minimum Gasteiger partial charge on any atom is -0.325 e. The standard InChI is InChI=1S/C24H23N3OS/c1-17-12-13-20(14-18(17)2)25-23(28)16-29-24-26-21-10-6-7-11-22(21)27(24)15-19-8-4-3-5-9-19/h3-14H,15-16H2,1-2H3,(H,25,28)/p+1. The molecule has 0 aliphatic carbocycles. The molecular formula is C24H24N3OS+. The molecule has 2 N–H and O–H groups in total. The van der Waals surface area contributed by atoms with Crippen molar-refractivity contribution in [1.29, 1.82) is 0 Å². The maximum absolute atomic E-state index is 12.5. The van der Waals surface area contributed by atoms with E-state index in [1.54, 1.807) is 0 Å². The number of amides is 1. The third kappa shape index (κ3) is 4.51. The normalized spacial score (nSPS) is 11.0. The third-order valence-corrected chi connectivity index (χ3v) is 6.00. The van der Waals surface area contributed by atoms with Crippen LogP contribution in [0, 0.1) is 13.8 Å². The molecule has 0 bridgehead atoms. The Morgan fingerprint density at radius 3 is 2.52 bits per heavy atom. The molecule has 0 aliphatic rings. The molecule has 1 heterocycles. The van der Waals surface area contributed by atoms with Crippen molar-refractivity contribution in [2.75, 3.05) is 11.1 Å². The number of fused-ring (bicyclic) bond motifs is 1. The van der Waals surface area contributed by atoms with Crippen LogP contribution in [0.1, 0.15) is 16.7 Å². The van der Waals surface area contributed by atoms with Gasteiger partial charge in [0.05, 0.1) is 5.75 Å². The lowest BCUT2D eigenvalue weighted by Gasteiger charge is -2.07. The van der Waals surface area contributed by atoms with Crippen LogP contribution in [0.3, 0.4) is 0 Å². The first-order valence-corrected chi connectivity index (χ1v) is 10.6. The van der Waals surface area contributed by atoms with Gasteiger partial charge in [0.15, 0.2) is 11.0 Å². The summed E-state index contributed by atoms with van der Waals surface area (Å²) < 4.78 is 2.23. The number of rotatable bonds is 6. The van der Waals surface area contributed by atoms with Crippen molar-refractivity contribution in [2.24, 2.45) is 0 Å². The van der Waals surface area contributed by atoms with Gasteiger partial charge in [-0.3, -0.25) is 4.79 Å². The van der Waals surface area contributed by atoms with Gasteiger partial charge in [-0.15, -0.1) is 0 Å². The molecule has 0 unspecified atom stereocenters. The van der Waals surface area contributed by atoms with E-state index in [1.807, 2.05) is 36.4 Å². The van der Waals surface area contributed by atoms with Gasteiger partial charge in [-0.2, -0.15) is 0 Å². The molecule has 5 heteroatoms. The van der Waals surface area contributed by atoms with Crippen LogP contribution < -0.4 is 9.88 Å². The van der Waals surface area contributed by atoms with Gasteiger partial charge in [0.1, 0.15) is 6.54 Å². The summed E-state index contributed by atoms with van der Waals surface area (Å²) in [4.78, 5) is 16.0. The van der Waals surface area contributed by atoms with Crippen molar-refractivity contribution in [2.45, 2.75) is 25.5 Å². The van der Waals surface area contributed by atoms with Gasteiger partial charge in [0.25, 0.3) is 0 Å². The number of benzene rings is 3. The Morgan fingerprint density at radius 2 is 1.72 bits per heavy atom. The molecule has 29 heavy (non-hydrogen) atoms. The van der Waals surface area contributed by atoms with Gasteiger partial charge in [-0.05, 0) is 66.6 Å². The second kappa shape index (κ2) is 8.53. The van der Waals surface area contributed by atoms with Gasteiger partial charge >= 0.3 is 5.16 Å². The lowest BCUT2D eigenvalue weighted by molar-refractivity contribution is -0.700. The zero-order chi connectivity index (χ0) is 20.2. The number of para-hydroxylation sites is 2. The molecule has 146 valence electrons. The van der Waals surface area contributed by atoms with E-state index in [0.717, 1.165) is 28.4 Å². The van der Waals surface area contributed by atoms with E-state index < -0.39 is 0 Å². The molecule has 0 saturated heterocycles. The molecule has 4 aromatic rings. The fourth-order valence-electron chi connectivity index (χ4n) is 3.29. The summed E-state index contributed by atoms with van der Waals surface area (Å²) in [7, 11) is 0. The second-order valence-electron chi connectivity index (χ2n) is 7.15. The van der Waals surface area contributed by atoms with E-state index >= 15 is 0 Å². The fourth-order valence-corrected chi connectivity index (χ4v) is 4.13. The monoisotopic (exact) mass is 402 g/mol. The van der Waals surface area contributed by atoms with Crippen LogP contribution in [-0.4, -0.2) is 16.6 Å². The van der Waals surface area contributed by atoms with Gasteiger partial charge < -0.3 is 5.32 Å². The average Bonchev–Trinajstić information content (AvgIpc) is 3.07. The van der Waals surface area contributed by atoms with Crippen molar-refractivity contribution in [3.63, 3.8) is 0 Å². The van der Waals surface area contributed by atoms with Crippen LogP contribution >= 0.6 is 11.8 Å². The van der Waals surface area contributed by atoms with Crippen LogP contribution in [0.25, 0.3) is 11.0 Å². The number of nitrogens with one attached hydrogen (secondary N) is 2. The number of carbonyl (C=O) groups is 1. The van der Waals surface area contributed by atoms with E-state index in [2.05, 4.69) is 65.1 Å². The highest BCUT2D eigenvalue weighted by Crippen LogP contribution is 2.20. The van der Waals surface area contributed by atoms with Gasteiger partial charge in [-0.1, -0.05) is 48.5 Å². The minimum atomic E-state index is -0.0110. The number of aromatic nitrogens is 2. The van der Waals surface area contributed by atoms with Crippen LogP contribution in [0.5, 0.6) is 0 Å². The number of thioether (sulfide) groups is 1. The molecule has 4 rings (SSSR count). The summed E-state index contributed by atoms with van der Waals surface area (Å²) in [5.74, 6) is 0.331. The molecule has 0 saturated carbocycles. The van der Waals surface area contributed by atoms with Crippen LogP contribution in [0.15, 0.2) is 78.0 Å². The predicted octanol–water partition coefficient (Wildman–Crippen LogP) is 4.85. The third-order valence-electron chi connectivity index (χ3n) is 5.00. The van der Waals surface area contributed by atoms with E-state index in [1.165, 1.54) is 28.5 Å². The van der Waals surface area contributed by atoms with E-state index in [9.17, 15) is 4.79 Å². The Labute approximate surface area is 175 Å². The highest BCUT2D eigenvalue weighted by atomic mass is 32.2. The Bertz CT molecular complexity index is 1150. The molecule has 3 aromatic carbocycles. The topological polar surface area (TPSA) is 48.8 Å². The van der Waals surface area contributed by atoms with Gasteiger partial charge in [-0.25, -0.2) is 9.55 Å². The van der Waals surface area contributed by atoms with Crippen molar-refractivity contribution < 1.29 is 9.36 Å². The molecule has 4 nitrogen and oxygen atoms in total. The highest BCUT2D eigenvalue weighted by molar-refractivity contribution is 7.99. The number of H-pyrrole nitrogens is 1. The Hall–Kier alpha value is -3.05. The summed E-state index contributed by atoms with van der Waals surface area (Å²) in [6, 6.07) is 24.6. The first-order valence-electron chi connectivity index (χ1n) is 9.64. The molecule has 1 aromatic heterocycles. The predicted molar refractivity (Wildman–Crippen MR) is 119 cm³/mol. The lowest BCUT2D eigenvalue weighted by Crippen LogP contribution is -2.35. The van der Waals surface area contributed by atoms with Crippen molar-refractivity contribution in [1.82, 2.24) is 4.98 Å². The average molecular weight is 403 g/mol.